The molecule has 4 saturated carbocycles. The number of terminal acetylenes is 1. The minimum Gasteiger partial charge on any atom is -0.158 e. The molecule has 5 rings (SSSR count). The van der Waals surface area contributed by atoms with Crippen LogP contribution in [0.1, 0.15) is 110 Å². The molecule has 0 amide bonds. The predicted octanol–water partition coefficient (Wildman–Crippen LogP) is 11.4. The predicted molar refractivity (Wildman–Crippen MR) is 177 cm³/mol. The summed E-state index contributed by atoms with van der Waals surface area (Å²) in [7, 11) is 0. The molecule has 0 aromatic heterocycles. The highest BCUT2D eigenvalue weighted by atomic mass is 32.2. The van der Waals surface area contributed by atoms with Gasteiger partial charge in [0.1, 0.15) is 0 Å². The molecule has 214 valence electrons. The highest BCUT2D eigenvalue weighted by molar-refractivity contribution is 8.00. The van der Waals surface area contributed by atoms with Crippen LogP contribution in [0.4, 0.5) is 0 Å². The Morgan fingerprint density at radius 1 is 1.05 bits per heavy atom. The van der Waals surface area contributed by atoms with E-state index >= 15 is 0 Å². The average Bonchev–Trinajstić information content (AvgIpc) is 3.44. The SMILES string of the molecule is C#C.C=C(C)/C=C/c1ccccc1.C=C(CC)CC1CC2(C3CCCCC3)CC3C(C)CCC3(C)C1(SC)C2. The summed E-state index contributed by atoms with van der Waals surface area (Å²) in [6.07, 6.45) is 32.2. The standard InChI is InChI=1S/C25H42S.C11H12.C2H2/c1-6-18(2)14-21-15-24(20-10-8-7-9-11-20)16-22-19(3)12-13-23(22,4)25(21,17-24)26-5;1-10(2)8-9-11-6-4-3-5-7-11;1-2/h19-22H,2,6-17H2,1,3-5H3;3-9H,1H2,2H3;1-2H/b;9-8+;. The first-order valence-corrected chi connectivity index (χ1v) is 16.9. The zero-order chi connectivity index (χ0) is 28.7. The fourth-order valence-corrected chi connectivity index (χ4v) is 11.0. The molecule has 6 unspecified atom stereocenters. The van der Waals surface area contributed by atoms with Gasteiger partial charge in [-0.2, -0.15) is 11.8 Å². The largest absolute Gasteiger partial charge is 0.158 e. The van der Waals surface area contributed by atoms with Crippen molar-refractivity contribution >= 4 is 17.8 Å². The highest BCUT2D eigenvalue weighted by Gasteiger charge is 2.71. The van der Waals surface area contributed by atoms with Crippen LogP contribution in [-0.2, 0) is 0 Å². The molecule has 2 bridgehead atoms. The molecule has 1 aromatic rings. The molecular weight excluding hydrogens is 488 g/mol. The molecule has 0 heterocycles. The lowest BCUT2D eigenvalue weighted by molar-refractivity contribution is -0.00998. The van der Waals surface area contributed by atoms with Crippen LogP contribution in [0.5, 0.6) is 0 Å². The van der Waals surface area contributed by atoms with Gasteiger partial charge >= 0.3 is 0 Å². The summed E-state index contributed by atoms with van der Waals surface area (Å²) >= 11 is 2.29. The lowest BCUT2D eigenvalue weighted by Crippen LogP contribution is -2.54. The summed E-state index contributed by atoms with van der Waals surface area (Å²) in [5, 5.41) is 0. The van der Waals surface area contributed by atoms with Crippen molar-refractivity contribution in [2.75, 3.05) is 6.26 Å². The lowest BCUT2D eigenvalue weighted by atomic mass is 9.53. The molecular formula is C38H56S. The van der Waals surface area contributed by atoms with E-state index in [0.29, 0.717) is 15.6 Å². The monoisotopic (exact) mass is 544 g/mol. The number of hydrogen-bond donors (Lipinski definition) is 0. The van der Waals surface area contributed by atoms with E-state index in [9.17, 15) is 0 Å². The Kier molecular flexibility index (Phi) is 11.3. The maximum atomic E-state index is 4.47. The van der Waals surface area contributed by atoms with Gasteiger partial charge in [-0.25, -0.2) is 0 Å². The van der Waals surface area contributed by atoms with E-state index in [1.807, 2.05) is 31.2 Å². The Labute approximate surface area is 246 Å². The van der Waals surface area contributed by atoms with Crippen LogP contribution in [0.15, 0.2) is 60.7 Å². The third kappa shape index (κ3) is 6.48. The maximum Gasteiger partial charge on any atom is 0.0250 e. The molecule has 0 N–H and O–H groups in total. The van der Waals surface area contributed by atoms with Gasteiger partial charge in [-0.3, -0.25) is 0 Å². The summed E-state index contributed by atoms with van der Waals surface area (Å²) in [6, 6.07) is 10.2. The van der Waals surface area contributed by atoms with Crippen molar-refractivity contribution in [3.05, 3.63) is 66.3 Å². The number of thioether (sulfide) groups is 1. The Balaban J connectivity index is 0.000000272. The van der Waals surface area contributed by atoms with E-state index in [0.717, 1.165) is 29.2 Å². The zero-order valence-corrected chi connectivity index (χ0v) is 26.6. The molecule has 0 saturated heterocycles. The lowest BCUT2D eigenvalue weighted by Gasteiger charge is -2.58. The molecule has 39 heavy (non-hydrogen) atoms. The minimum absolute atomic E-state index is 0.524. The zero-order valence-electron chi connectivity index (χ0n) is 25.8. The summed E-state index contributed by atoms with van der Waals surface area (Å²) in [5.41, 5.74) is 5.05. The Hall–Kier alpha value is -1.65. The normalized spacial score (nSPS) is 35.3. The van der Waals surface area contributed by atoms with Gasteiger partial charge in [-0.15, -0.1) is 12.8 Å². The van der Waals surface area contributed by atoms with E-state index in [-0.39, 0.29) is 0 Å². The number of allylic oxidation sites excluding steroid dienone is 3. The molecule has 0 radical (unpaired) electrons. The second-order valence-electron chi connectivity index (χ2n) is 13.5. The average molecular weight is 545 g/mol. The van der Waals surface area contributed by atoms with E-state index < -0.39 is 0 Å². The van der Waals surface area contributed by atoms with E-state index in [2.05, 4.69) is 83.0 Å². The van der Waals surface area contributed by atoms with Gasteiger partial charge in [0.2, 0.25) is 0 Å². The summed E-state index contributed by atoms with van der Waals surface area (Å²) in [5.74, 6) is 3.83. The van der Waals surface area contributed by atoms with E-state index in [1.54, 1.807) is 6.42 Å². The summed E-state index contributed by atoms with van der Waals surface area (Å²) in [6.45, 7) is 17.9. The summed E-state index contributed by atoms with van der Waals surface area (Å²) in [4.78, 5) is 0. The molecule has 4 aliphatic carbocycles. The third-order valence-electron chi connectivity index (χ3n) is 11.4. The highest BCUT2D eigenvalue weighted by Crippen LogP contribution is 2.77. The molecule has 0 spiro atoms. The van der Waals surface area contributed by atoms with Crippen molar-refractivity contribution < 1.29 is 0 Å². The first kappa shape index (κ1) is 31.9. The topological polar surface area (TPSA) is 0 Å². The fourth-order valence-electron chi connectivity index (χ4n) is 9.35. The second kappa shape index (κ2) is 13.8. The third-order valence-corrected chi connectivity index (χ3v) is 13.0. The van der Waals surface area contributed by atoms with Crippen molar-refractivity contribution in [1.29, 1.82) is 0 Å². The number of hydrogen-bond acceptors (Lipinski definition) is 1. The molecule has 4 fully saturated rings. The summed E-state index contributed by atoms with van der Waals surface area (Å²) < 4.78 is 0.524. The molecule has 1 aromatic carbocycles. The number of fused-ring (bicyclic) bond motifs is 4. The minimum atomic E-state index is 0.524. The number of rotatable bonds is 7. The van der Waals surface area contributed by atoms with Crippen molar-refractivity contribution in [1.82, 2.24) is 0 Å². The van der Waals surface area contributed by atoms with Gasteiger partial charge in [-0.1, -0.05) is 107 Å². The Bertz CT molecular complexity index is 994. The molecule has 1 heteroatoms. The van der Waals surface area contributed by atoms with Crippen molar-refractivity contribution in [3.8, 4) is 12.8 Å². The van der Waals surface area contributed by atoms with Gasteiger partial charge in [0, 0.05) is 4.75 Å². The van der Waals surface area contributed by atoms with Crippen molar-refractivity contribution in [2.45, 2.75) is 109 Å². The van der Waals surface area contributed by atoms with Crippen LogP contribution < -0.4 is 0 Å². The van der Waals surface area contributed by atoms with Gasteiger partial charge < -0.3 is 0 Å². The fraction of sp³-hybridized carbons (Fsp3) is 0.632. The molecule has 0 nitrogen and oxygen atoms in total. The molecule has 4 aliphatic rings. The van der Waals surface area contributed by atoms with Gasteiger partial charge in [-0.05, 0) is 111 Å². The van der Waals surface area contributed by atoms with Crippen LogP contribution in [0.3, 0.4) is 0 Å². The van der Waals surface area contributed by atoms with Crippen LogP contribution in [-0.4, -0.2) is 11.0 Å². The van der Waals surface area contributed by atoms with Crippen molar-refractivity contribution in [3.63, 3.8) is 0 Å². The smallest absolute Gasteiger partial charge is 0.0250 e. The Morgan fingerprint density at radius 2 is 1.72 bits per heavy atom. The van der Waals surface area contributed by atoms with E-state index in [1.165, 1.54) is 81.8 Å². The quantitative estimate of drug-likeness (QED) is 0.187. The Morgan fingerprint density at radius 3 is 2.31 bits per heavy atom. The van der Waals surface area contributed by atoms with Crippen LogP contribution in [0.2, 0.25) is 0 Å². The van der Waals surface area contributed by atoms with E-state index in [4.69, 9.17) is 0 Å². The number of benzene rings is 1. The maximum absolute atomic E-state index is 4.47. The van der Waals surface area contributed by atoms with Crippen LogP contribution in [0, 0.1) is 47.3 Å². The van der Waals surface area contributed by atoms with Gasteiger partial charge in [0.25, 0.3) is 0 Å². The molecule has 0 aliphatic heterocycles. The van der Waals surface area contributed by atoms with Crippen LogP contribution in [0.25, 0.3) is 6.08 Å². The van der Waals surface area contributed by atoms with Crippen molar-refractivity contribution in [2.24, 2.45) is 34.5 Å². The first-order valence-electron chi connectivity index (χ1n) is 15.6. The van der Waals surface area contributed by atoms with Crippen LogP contribution >= 0.6 is 11.8 Å². The van der Waals surface area contributed by atoms with Gasteiger partial charge in [0.05, 0.1) is 0 Å². The molecule has 6 atom stereocenters. The first-order chi connectivity index (χ1) is 18.7. The van der Waals surface area contributed by atoms with Gasteiger partial charge in [0.15, 0.2) is 0 Å². The second-order valence-corrected chi connectivity index (χ2v) is 14.6.